The molecule has 3 aliphatic carbocycles. The van der Waals surface area contributed by atoms with Gasteiger partial charge < -0.3 is 9.84 Å². The maximum Gasteiger partial charge on any atom is 0.141 e. The Morgan fingerprint density at radius 3 is 2.82 bits per heavy atom. The highest BCUT2D eigenvalue weighted by Gasteiger charge is 2.64. The zero-order chi connectivity index (χ0) is 15.5. The predicted octanol–water partition coefficient (Wildman–Crippen LogP) is 3.24. The largest absolute Gasteiger partial charge is 0.497 e. The predicted molar refractivity (Wildman–Crippen MR) is 84.1 cm³/mol. The number of ether oxygens (including phenoxy) is 1. The van der Waals surface area contributed by atoms with Gasteiger partial charge in [0.1, 0.15) is 11.5 Å². The van der Waals surface area contributed by atoms with Crippen molar-refractivity contribution in [2.45, 2.75) is 57.0 Å². The summed E-state index contributed by atoms with van der Waals surface area (Å²) in [6.07, 6.45) is 4.97. The Kier molecular flexibility index (Phi) is 2.96. The first-order chi connectivity index (χ1) is 10.5. The van der Waals surface area contributed by atoms with Crippen LogP contribution in [0.5, 0.6) is 5.75 Å². The van der Waals surface area contributed by atoms with E-state index in [1.165, 1.54) is 11.1 Å². The lowest BCUT2D eigenvalue weighted by Gasteiger charge is -2.53. The van der Waals surface area contributed by atoms with Gasteiger partial charge in [0.25, 0.3) is 0 Å². The van der Waals surface area contributed by atoms with Gasteiger partial charge in [-0.25, -0.2) is 0 Å². The SMILES string of the molecule is COc1ccc2c(c1)CC[C@@H]1[C@@H]2CC[C@]2(C)C(=O)CC[C@@]12O. The second kappa shape index (κ2) is 4.58. The van der Waals surface area contributed by atoms with E-state index >= 15 is 0 Å². The van der Waals surface area contributed by atoms with Crippen molar-refractivity contribution in [2.75, 3.05) is 7.11 Å². The Morgan fingerprint density at radius 2 is 2.05 bits per heavy atom. The van der Waals surface area contributed by atoms with Crippen molar-refractivity contribution in [3.8, 4) is 5.75 Å². The van der Waals surface area contributed by atoms with E-state index in [4.69, 9.17) is 4.74 Å². The molecule has 3 heteroatoms. The molecule has 4 atom stereocenters. The van der Waals surface area contributed by atoms with Crippen LogP contribution in [0.4, 0.5) is 0 Å². The van der Waals surface area contributed by atoms with Crippen LogP contribution in [0.2, 0.25) is 0 Å². The molecule has 0 amide bonds. The minimum absolute atomic E-state index is 0.221. The molecule has 0 radical (unpaired) electrons. The lowest BCUT2D eigenvalue weighted by Crippen LogP contribution is -2.56. The monoisotopic (exact) mass is 300 g/mol. The number of carbonyl (C=O) groups excluding carboxylic acids is 1. The van der Waals surface area contributed by atoms with Gasteiger partial charge in [-0.3, -0.25) is 4.79 Å². The smallest absolute Gasteiger partial charge is 0.141 e. The number of methoxy groups -OCH3 is 1. The Hall–Kier alpha value is -1.35. The number of ketones is 1. The van der Waals surface area contributed by atoms with Crippen LogP contribution in [0.1, 0.15) is 56.1 Å². The summed E-state index contributed by atoms with van der Waals surface area (Å²) in [5.41, 5.74) is 1.41. The van der Waals surface area contributed by atoms with Crippen LogP contribution < -0.4 is 4.74 Å². The average Bonchev–Trinajstić information content (AvgIpc) is 2.78. The quantitative estimate of drug-likeness (QED) is 0.866. The van der Waals surface area contributed by atoms with E-state index in [0.717, 1.165) is 31.4 Å². The summed E-state index contributed by atoms with van der Waals surface area (Å²) in [6.45, 7) is 2.00. The number of rotatable bonds is 1. The molecular weight excluding hydrogens is 276 g/mol. The molecule has 22 heavy (non-hydrogen) atoms. The van der Waals surface area contributed by atoms with Crippen molar-refractivity contribution < 1.29 is 14.6 Å². The second-order valence-electron chi connectivity index (χ2n) is 7.53. The first-order valence-corrected chi connectivity index (χ1v) is 8.42. The zero-order valence-electron chi connectivity index (χ0n) is 13.4. The summed E-state index contributed by atoms with van der Waals surface area (Å²) in [6, 6.07) is 6.34. The van der Waals surface area contributed by atoms with E-state index in [0.29, 0.717) is 18.8 Å². The van der Waals surface area contributed by atoms with Gasteiger partial charge in [-0.1, -0.05) is 6.07 Å². The molecule has 0 bridgehead atoms. The Bertz CT molecular complexity index is 638. The van der Waals surface area contributed by atoms with E-state index in [2.05, 4.69) is 12.1 Å². The van der Waals surface area contributed by atoms with Crippen LogP contribution in [0, 0.1) is 11.3 Å². The molecular formula is C19H24O3. The standard InChI is InChI=1S/C19H24O3/c1-18-9-7-15-14-5-4-13(22-2)11-12(14)3-6-16(15)19(18,21)10-8-17(18)20/h4-5,11,15-16,21H,3,6-10H2,1-2H3/t15-,16-,18-,19-/m1/s1. The van der Waals surface area contributed by atoms with Crippen LogP contribution in [0.15, 0.2) is 18.2 Å². The van der Waals surface area contributed by atoms with E-state index in [-0.39, 0.29) is 11.7 Å². The van der Waals surface area contributed by atoms with E-state index < -0.39 is 11.0 Å². The van der Waals surface area contributed by atoms with Gasteiger partial charge in [0, 0.05) is 6.42 Å². The van der Waals surface area contributed by atoms with Crippen LogP contribution in [-0.2, 0) is 11.2 Å². The van der Waals surface area contributed by atoms with Gasteiger partial charge in [0.05, 0.1) is 18.1 Å². The maximum absolute atomic E-state index is 12.4. The van der Waals surface area contributed by atoms with Crippen LogP contribution >= 0.6 is 0 Å². The molecule has 118 valence electrons. The van der Waals surface area contributed by atoms with Crippen molar-refractivity contribution in [1.29, 1.82) is 0 Å². The first-order valence-electron chi connectivity index (χ1n) is 8.42. The van der Waals surface area contributed by atoms with Crippen LogP contribution in [0.25, 0.3) is 0 Å². The Morgan fingerprint density at radius 1 is 1.23 bits per heavy atom. The highest BCUT2D eigenvalue weighted by atomic mass is 16.5. The molecule has 3 nitrogen and oxygen atoms in total. The molecule has 1 aromatic carbocycles. The number of hydrogen-bond donors (Lipinski definition) is 1. The third-order valence-electron chi connectivity index (χ3n) is 6.83. The van der Waals surface area contributed by atoms with E-state index in [1.54, 1.807) is 7.11 Å². The molecule has 0 saturated heterocycles. The number of aryl methyl sites for hydroxylation is 1. The molecule has 2 saturated carbocycles. The summed E-state index contributed by atoms with van der Waals surface area (Å²) in [7, 11) is 1.70. The first kappa shape index (κ1) is 14.3. The number of aliphatic hydroxyl groups is 1. The van der Waals surface area contributed by atoms with E-state index in [1.807, 2.05) is 13.0 Å². The number of carbonyl (C=O) groups is 1. The molecule has 0 spiro atoms. The molecule has 0 aliphatic heterocycles. The van der Waals surface area contributed by atoms with Crippen molar-refractivity contribution in [3.05, 3.63) is 29.3 Å². The second-order valence-corrected chi connectivity index (χ2v) is 7.53. The fraction of sp³-hybridized carbons (Fsp3) is 0.632. The lowest BCUT2D eigenvalue weighted by molar-refractivity contribution is -0.157. The van der Waals surface area contributed by atoms with Gasteiger partial charge in [-0.05, 0) is 74.1 Å². The van der Waals surface area contributed by atoms with Gasteiger partial charge in [-0.2, -0.15) is 0 Å². The molecule has 2 fully saturated rings. The number of fused-ring (bicyclic) bond motifs is 5. The van der Waals surface area contributed by atoms with Gasteiger partial charge >= 0.3 is 0 Å². The summed E-state index contributed by atoms with van der Waals surface area (Å²) in [5.74, 6) is 1.79. The molecule has 1 aromatic rings. The normalized spacial score (nSPS) is 39.9. The van der Waals surface area contributed by atoms with Gasteiger partial charge in [-0.15, -0.1) is 0 Å². The van der Waals surface area contributed by atoms with Gasteiger partial charge in [0.15, 0.2) is 0 Å². The van der Waals surface area contributed by atoms with E-state index in [9.17, 15) is 9.90 Å². The Labute approximate surface area is 131 Å². The Balaban J connectivity index is 1.75. The molecule has 1 N–H and O–H groups in total. The summed E-state index contributed by atoms with van der Waals surface area (Å²) in [4.78, 5) is 12.4. The van der Waals surface area contributed by atoms with Crippen LogP contribution in [0.3, 0.4) is 0 Å². The lowest BCUT2D eigenvalue weighted by atomic mass is 9.53. The number of benzene rings is 1. The summed E-state index contributed by atoms with van der Waals surface area (Å²) < 4.78 is 5.34. The van der Waals surface area contributed by atoms with Crippen molar-refractivity contribution >= 4 is 5.78 Å². The molecule has 3 aliphatic rings. The molecule has 0 unspecified atom stereocenters. The number of Topliss-reactive ketones (excluding diaryl/α,β-unsaturated/α-hetero) is 1. The van der Waals surface area contributed by atoms with Crippen molar-refractivity contribution in [2.24, 2.45) is 11.3 Å². The number of hydrogen-bond acceptors (Lipinski definition) is 3. The topological polar surface area (TPSA) is 46.5 Å². The van der Waals surface area contributed by atoms with Crippen molar-refractivity contribution in [1.82, 2.24) is 0 Å². The van der Waals surface area contributed by atoms with Gasteiger partial charge in [0.2, 0.25) is 0 Å². The highest BCUT2D eigenvalue weighted by Crippen LogP contribution is 2.61. The minimum Gasteiger partial charge on any atom is -0.497 e. The fourth-order valence-electron chi connectivity index (χ4n) is 5.44. The summed E-state index contributed by atoms with van der Waals surface area (Å²) >= 11 is 0. The highest BCUT2D eigenvalue weighted by molar-refractivity contribution is 5.88. The minimum atomic E-state index is -0.801. The average molecular weight is 300 g/mol. The molecule has 0 heterocycles. The summed E-state index contributed by atoms with van der Waals surface area (Å²) in [5, 5.41) is 11.4. The zero-order valence-corrected chi connectivity index (χ0v) is 13.4. The molecule has 0 aromatic heterocycles. The fourth-order valence-corrected chi connectivity index (χ4v) is 5.44. The maximum atomic E-state index is 12.4. The van der Waals surface area contributed by atoms with Crippen LogP contribution in [-0.4, -0.2) is 23.6 Å². The molecule has 4 rings (SSSR count). The third-order valence-corrected chi connectivity index (χ3v) is 6.83. The van der Waals surface area contributed by atoms with Crippen molar-refractivity contribution in [3.63, 3.8) is 0 Å². The third kappa shape index (κ3) is 1.63.